The van der Waals surface area contributed by atoms with Gasteiger partial charge >= 0.3 is 0 Å². The first-order valence-corrected chi connectivity index (χ1v) is 10.4. The van der Waals surface area contributed by atoms with E-state index in [1.54, 1.807) is 40.1 Å². The van der Waals surface area contributed by atoms with Crippen LogP contribution in [0.4, 0.5) is 5.69 Å². The van der Waals surface area contributed by atoms with Crippen molar-refractivity contribution < 1.29 is 4.79 Å². The second-order valence-corrected chi connectivity index (χ2v) is 7.86. The summed E-state index contributed by atoms with van der Waals surface area (Å²) >= 11 is 7.71. The molecule has 0 bridgehead atoms. The van der Waals surface area contributed by atoms with Crippen molar-refractivity contribution in [2.75, 3.05) is 5.32 Å². The third kappa shape index (κ3) is 3.45. The van der Waals surface area contributed by atoms with Crippen molar-refractivity contribution in [3.05, 3.63) is 88.8 Å². The van der Waals surface area contributed by atoms with Gasteiger partial charge in [0.2, 0.25) is 0 Å². The molecule has 3 aromatic heterocycles. The summed E-state index contributed by atoms with van der Waals surface area (Å²) in [7, 11) is 0. The van der Waals surface area contributed by atoms with Crippen LogP contribution in [0.25, 0.3) is 27.6 Å². The van der Waals surface area contributed by atoms with E-state index in [9.17, 15) is 4.79 Å². The van der Waals surface area contributed by atoms with E-state index in [0.29, 0.717) is 27.7 Å². The monoisotopic (exact) mass is 431 g/mol. The van der Waals surface area contributed by atoms with E-state index in [-0.39, 0.29) is 5.91 Å². The predicted molar refractivity (Wildman–Crippen MR) is 119 cm³/mol. The summed E-state index contributed by atoms with van der Waals surface area (Å²) in [5.41, 5.74) is 3.36. The first-order valence-electron chi connectivity index (χ1n) is 9.12. The minimum Gasteiger partial charge on any atom is -0.322 e. The highest BCUT2D eigenvalue weighted by Gasteiger charge is 2.13. The van der Waals surface area contributed by atoms with Gasteiger partial charge in [0.25, 0.3) is 5.91 Å². The van der Waals surface area contributed by atoms with Crippen molar-refractivity contribution in [1.82, 2.24) is 19.8 Å². The van der Waals surface area contributed by atoms with Crippen LogP contribution >= 0.6 is 22.9 Å². The maximum absolute atomic E-state index is 12.6. The Hall–Kier alpha value is -3.55. The summed E-state index contributed by atoms with van der Waals surface area (Å²) in [6, 6.07) is 22.2. The standard InChI is InChI=1S/C22H14ClN5OS/c23-17-8-2-1-7-16(17)22(29)24-15-6-3-5-14(13-15)18-10-11-20-25-26-21(28(20)27-18)19-9-4-12-30-19/h1-13H,(H,24,29). The Morgan fingerprint density at radius 3 is 2.70 bits per heavy atom. The maximum atomic E-state index is 12.6. The molecule has 0 atom stereocenters. The Bertz CT molecular complexity index is 1360. The van der Waals surface area contributed by atoms with Gasteiger partial charge in [0, 0.05) is 11.3 Å². The number of halogens is 1. The molecule has 0 aliphatic carbocycles. The molecule has 6 nitrogen and oxygen atoms in total. The van der Waals surface area contributed by atoms with Gasteiger partial charge in [-0.15, -0.1) is 21.5 Å². The second-order valence-electron chi connectivity index (χ2n) is 6.50. The van der Waals surface area contributed by atoms with E-state index in [1.165, 1.54) is 0 Å². The number of hydrogen-bond donors (Lipinski definition) is 1. The smallest absolute Gasteiger partial charge is 0.257 e. The Morgan fingerprint density at radius 2 is 1.87 bits per heavy atom. The molecule has 0 spiro atoms. The lowest BCUT2D eigenvalue weighted by Crippen LogP contribution is -2.12. The van der Waals surface area contributed by atoms with Gasteiger partial charge in [-0.25, -0.2) is 0 Å². The number of nitrogens with zero attached hydrogens (tertiary/aromatic N) is 4. The zero-order chi connectivity index (χ0) is 20.5. The zero-order valence-corrected chi connectivity index (χ0v) is 17.1. The fraction of sp³-hybridized carbons (Fsp3) is 0. The van der Waals surface area contributed by atoms with E-state index < -0.39 is 0 Å². The van der Waals surface area contributed by atoms with Gasteiger partial charge < -0.3 is 5.32 Å². The molecule has 1 amide bonds. The van der Waals surface area contributed by atoms with Gasteiger partial charge in [-0.05, 0) is 47.8 Å². The molecule has 5 aromatic rings. The van der Waals surface area contributed by atoms with E-state index in [4.69, 9.17) is 16.7 Å². The number of nitrogens with one attached hydrogen (secondary N) is 1. The summed E-state index contributed by atoms with van der Waals surface area (Å²) < 4.78 is 1.73. The van der Waals surface area contributed by atoms with Gasteiger partial charge in [0.1, 0.15) is 0 Å². The Kier molecular flexibility index (Phi) is 4.74. The molecule has 146 valence electrons. The van der Waals surface area contributed by atoms with Crippen molar-refractivity contribution in [3.8, 4) is 22.0 Å². The summed E-state index contributed by atoms with van der Waals surface area (Å²) in [6.07, 6.45) is 0. The molecule has 0 aliphatic rings. The van der Waals surface area contributed by atoms with Crippen molar-refractivity contribution in [2.45, 2.75) is 0 Å². The molecule has 0 radical (unpaired) electrons. The molecule has 0 fully saturated rings. The first kappa shape index (κ1) is 18.5. The molecule has 0 saturated carbocycles. The highest BCUT2D eigenvalue weighted by Crippen LogP contribution is 2.26. The number of benzene rings is 2. The van der Waals surface area contributed by atoms with Crippen molar-refractivity contribution in [2.24, 2.45) is 0 Å². The third-order valence-corrected chi connectivity index (χ3v) is 5.73. The van der Waals surface area contributed by atoms with Crippen LogP contribution < -0.4 is 5.32 Å². The number of amides is 1. The number of carbonyl (C=O) groups is 1. The van der Waals surface area contributed by atoms with Crippen molar-refractivity contribution in [1.29, 1.82) is 0 Å². The average Bonchev–Trinajstić information content (AvgIpc) is 3.43. The van der Waals surface area contributed by atoms with Crippen LogP contribution in [0.5, 0.6) is 0 Å². The third-order valence-electron chi connectivity index (χ3n) is 4.54. The summed E-state index contributed by atoms with van der Waals surface area (Å²) in [5, 5.41) is 18.5. The van der Waals surface area contributed by atoms with Gasteiger partial charge in [-0.2, -0.15) is 9.61 Å². The normalized spacial score (nSPS) is 11.0. The molecule has 2 aromatic carbocycles. The largest absolute Gasteiger partial charge is 0.322 e. The first-order chi connectivity index (χ1) is 14.7. The summed E-state index contributed by atoms with van der Waals surface area (Å²) in [4.78, 5) is 13.6. The van der Waals surface area contributed by atoms with Crippen LogP contribution in [-0.4, -0.2) is 25.7 Å². The lowest BCUT2D eigenvalue weighted by atomic mass is 10.1. The lowest BCUT2D eigenvalue weighted by molar-refractivity contribution is 0.102. The van der Waals surface area contributed by atoms with E-state index in [1.807, 2.05) is 53.9 Å². The number of anilines is 1. The van der Waals surface area contributed by atoms with Gasteiger partial charge in [-0.3, -0.25) is 4.79 Å². The zero-order valence-electron chi connectivity index (χ0n) is 15.5. The van der Waals surface area contributed by atoms with Crippen LogP contribution in [0.1, 0.15) is 10.4 Å². The van der Waals surface area contributed by atoms with Crippen LogP contribution in [-0.2, 0) is 0 Å². The molecule has 1 N–H and O–H groups in total. The topological polar surface area (TPSA) is 72.2 Å². The Labute approximate surface area is 180 Å². The number of fused-ring (bicyclic) bond motifs is 1. The highest BCUT2D eigenvalue weighted by atomic mass is 35.5. The predicted octanol–water partition coefficient (Wildman–Crippen LogP) is 5.43. The number of carbonyl (C=O) groups excluding carboxylic acids is 1. The second kappa shape index (κ2) is 7.70. The number of thiophene rings is 1. The number of hydrogen-bond acceptors (Lipinski definition) is 5. The SMILES string of the molecule is O=C(Nc1cccc(-c2ccc3nnc(-c4cccs4)n3n2)c1)c1ccccc1Cl. The van der Waals surface area contributed by atoms with Gasteiger partial charge in [0.15, 0.2) is 11.5 Å². The molecular formula is C22H14ClN5OS. The number of rotatable bonds is 4. The molecule has 8 heteroatoms. The summed E-state index contributed by atoms with van der Waals surface area (Å²) in [5.74, 6) is 0.435. The molecular weight excluding hydrogens is 418 g/mol. The molecule has 0 unspecified atom stereocenters. The minimum absolute atomic E-state index is 0.264. The van der Waals surface area contributed by atoms with Gasteiger partial charge in [-0.1, -0.05) is 41.9 Å². The fourth-order valence-electron chi connectivity index (χ4n) is 3.10. The van der Waals surface area contributed by atoms with E-state index in [2.05, 4.69) is 15.5 Å². The Morgan fingerprint density at radius 1 is 0.967 bits per heavy atom. The Balaban J connectivity index is 1.48. The lowest BCUT2D eigenvalue weighted by Gasteiger charge is -2.09. The molecule has 0 aliphatic heterocycles. The fourth-order valence-corrected chi connectivity index (χ4v) is 4.02. The van der Waals surface area contributed by atoms with Crippen LogP contribution in [0, 0.1) is 0 Å². The molecule has 0 saturated heterocycles. The van der Waals surface area contributed by atoms with Crippen LogP contribution in [0.2, 0.25) is 5.02 Å². The number of aromatic nitrogens is 4. The summed E-state index contributed by atoms with van der Waals surface area (Å²) in [6.45, 7) is 0. The quantitative estimate of drug-likeness (QED) is 0.412. The highest BCUT2D eigenvalue weighted by molar-refractivity contribution is 7.13. The molecule has 5 rings (SSSR count). The van der Waals surface area contributed by atoms with Crippen molar-refractivity contribution >= 4 is 40.2 Å². The van der Waals surface area contributed by atoms with Gasteiger partial charge in [0.05, 0.1) is 21.2 Å². The maximum Gasteiger partial charge on any atom is 0.257 e. The van der Waals surface area contributed by atoms with E-state index >= 15 is 0 Å². The van der Waals surface area contributed by atoms with Crippen LogP contribution in [0.15, 0.2) is 78.2 Å². The van der Waals surface area contributed by atoms with Crippen molar-refractivity contribution in [3.63, 3.8) is 0 Å². The molecule has 3 heterocycles. The van der Waals surface area contributed by atoms with E-state index in [0.717, 1.165) is 16.1 Å². The average molecular weight is 432 g/mol. The molecule has 30 heavy (non-hydrogen) atoms. The van der Waals surface area contributed by atoms with Crippen LogP contribution in [0.3, 0.4) is 0 Å². The minimum atomic E-state index is -0.264.